The molecule has 1 fully saturated rings. The fraction of sp³-hybridized carbons (Fsp3) is 0.643. The third kappa shape index (κ3) is 4.00. The SMILES string of the molecule is CCCNCc1ccc(OC2CCCC2)nc1. The van der Waals surface area contributed by atoms with Crippen LogP contribution in [0, 0.1) is 0 Å². The van der Waals surface area contributed by atoms with Crippen molar-refractivity contribution in [2.45, 2.75) is 51.7 Å². The summed E-state index contributed by atoms with van der Waals surface area (Å²) in [7, 11) is 0. The lowest BCUT2D eigenvalue weighted by Crippen LogP contribution is -2.14. The van der Waals surface area contributed by atoms with Crippen LogP contribution in [0.5, 0.6) is 5.88 Å². The Bertz CT molecular complexity index is 317. The maximum Gasteiger partial charge on any atom is 0.213 e. The lowest BCUT2D eigenvalue weighted by atomic mass is 10.3. The van der Waals surface area contributed by atoms with Gasteiger partial charge in [-0.15, -0.1) is 0 Å². The van der Waals surface area contributed by atoms with Gasteiger partial charge in [0.05, 0.1) is 0 Å². The molecule has 2 rings (SSSR count). The van der Waals surface area contributed by atoms with Crippen molar-refractivity contribution >= 4 is 0 Å². The molecule has 17 heavy (non-hydrogen) atoms. The van der Waals surface area contributed by atoms with E-state index in [4.69, 9.17) is 4.74 Å². The summed E-state index contributed by atoms with van der Waals surface area (Å²) in [6.45, 7) is 4.12. The number of nitrogens with zero attached hydrogens (tertiary/aromatic N) is 1. The molecule has 0 saturated heterocycles. The summed E-state index contributed by atoms with van der Waals surface area (Å²) in [6.07, 6.45) is 8.42. The topological polar surface area (TPSA) is 34.1 Å². The van der Waals surface area contributed by atoms with Crippen molar-refractivity contribution in [1.82, 2.24) is 10.3 Å². The third-order valence-corrected chi connectivity index (χ3v) is 3.14. The van der Waals surface area contributed by atoms with E-state index in [1.807, 2.05) is 12.3 Å². The number of hydrogen-bond donors (Lipinski definition) is 1. The quantitative estimate of drug-likeness (QED) is 0.768. The van der Waals surface area contributed by atoms with Crippen molar-refractivity contribution in [2.24, 2.45) is 0 Å². The summed E-state index contributed by atoms with van der Waals surface area (Å²) < 4.78 is 5.82. The largest absolute Gasteiger partial charge is 0.474 e. The minimum Gasteiger partial charge on any atom is -0.474 e. The van der Waals surface area contributed by atoms with Crippen LogP contribution < -0.4 is 10.1 Å². The van der Waals surface area contributed by atoms with Crippen LogP contribution in [-0.2, 0) is 6.54 Å². The van der Waals surface area contributed by atoms with E-state index in [-0.39, 0.29) is 0 Å². The van der Waals surface area contributed by atoms with Crippen LogP contribution in [0.2, 0.25) is 0 Å². The fourth-order valence-corrected chi connectivity index (χ4v) is 2.17. The van der Waals surface area contributed by atoms with Crippen molar-refractivity contribution in [2.75, 3.05) is 6.54 Å². The summed E-state index contributed by atoms with van der Waals surface area (Å²) in [5, 5.41) is 3.36. The Balaban J connectivity index is 1.80. The molecular weight excluding hydrogens is 212 g/mol. The van der Waals surface area contributed by atoms with Crippen LogP contribution in [0.3, 0.4) is 0 Å². The predicted molar refractivity (Wildman–Crippen MR) is 69.1 cm³/mol. The Kier molecular flexibility index (Phi) is 4.80. The standard InChI is InChI=1S/C14H22N2O/c1-2-9-15-10-12-7-8-14(16-11-12)17-13-5-3-4-6-13/h7-8,11,13,15H,2-6,9-10H2,1H3. The average Bonchev–Trinajstić information content (AvgIpc) is 2.85. The first-order chi connectivity index (χ1) is 8.38. The molecule has 1 aliphatic rings. The van der Waals surface area contributed by atoms with Crippen LogP contribution >= 0.6 is 0 Å². The zero-order chi connectivity index (χ0) is 11.9. The second-order valence-corrected chi connectivity index (χ2v) is 4.71. The molecule has 0 radical (unpaired) electrons. The molecule has 0 aromatic carbocycles. The molecule has 0 bridgehead atoms. The average molecular weight is 234 g/mol. The highest BCUT2D eigenvalue weighted by atomic mass is 16.5. The lowest BCUT2D eigenvalue weighted by Gasteiger charge is -2.12. The van der Waals surface area contributed by atoms with E-state index >= 15 is 0 Å². The first-order valence-electron chi connectivity index (χ1n) is 6.71. The summed E-state index contributed by atoms with van der Waals surface area (Å²) in [4.78, 5) is 4.36. The molecule has 0 unspecified atom stereocenters. The van der Waals surface area contributed by atoms with E-state index in [1.165, 1.54) is 31.2 Å². The Hall–Kier alpha value is -1.09. The van der Waals surface area contributed by atoms with Crippen LogP contribution in [0.1, 0.15) is 44.6 Å². The molecule has 1 saturated carbocycles. The minimum atomic E-state index is 0.395. The Morgan fingerprint density at radius 2 is 2.18 bits per heavy atom. The number of rotatable bonds is 6. The van der Waals surface area contributed by atoms with Crippen molar-refractivity contribution in [1.29, 1.82) is 0 Å². The van der Waals surface area contributed by atoms with Crippen LogP contribution in [0.15, 0.2) is 18.3 Å². The molecule has 0 atom stereocenters. The Morgan fingerprint density at radius 3 is 2.82 bits per heavy atom. The lowest BCUT2D eigenvalue weighted by molar-refractivity contribution is 0.201. The highest BCUT2D eigenvalue weighted by Crippen LogP contribution is 2.22. The van der Waals surface area contributed by atoms with Crippen molar-refractivity contribution < 1.29 is 4.74 Å². The number of pyridine rings is 1. The number of hydrogen-bond acceptors (Lipinski definition) is 3. The second-order valence-electron chi connectivity index (χ2n) is 4.71. The van der Waals surface area contributed by atoms with Gasteiger partial charge in [-0.2, -0.15) is 0 Å². The van der Waals surface area contributed by atoms with E-state index < -0.39 is 0 Å². The van der Waals surface area contributed by atoms with Gasteiger partial charge in [-0.05, 0) is 44.2 Å². The van der Waals surface area contributed by atoms with E-state index in [0.29, 0.717) is 6.10 Å². The van der Waals surface area contributed by atoms with Gasteiger partial charge < -0.3 is 10.1 Å². The van der Waals surface area contributed by atoms with Gasteiger partial charge in [-0.25, -0.2) is 4.98 Å². The zero-order valence-corrected chi connectivity index (χ0v) is 10.6. The monoisotopic (exact) mass is 234 g/mol. The highest BCUT2D eigenvalue weighted by Gasteiger charge is 2.16. The van der Waals surface area contributed by atoms with Crippen molar-refractivity contribution in [3.63, 3.8) is 0 Å². The molecule has 3 heteroatoms. The normalized spacial score (nSPS) is 16.3. The summed E-state index contributed by atoms with van der Waals surface area (Å²) in [6, 6.07) is 4.08. The molecular formula is C14H22N2O. The van der Waals surface area contributed by atoms with Gasteiger partial charge in [-0.3, -0.25) is 0 Å². The fourth-order valence-electron chi connectivity index (χ4n) is 2.17. The van der Waals surface area contributed by atoms with E-state index in [1.54, 1.807) is 0 Å². The molecule has 94 valence electrons. The molecule has 1 aromatic rings. The van der Waals surface area contributed by atoms with Crippen molar-refractivity contribution in [3.05, 3.63) is 23.9 Å². The molecule has 1 N–H and O–H groups in total. The first kappa shape index (κ1) is 12.4. The highest BCUT2D eigenvalue weighted by molar-refractivity contribution is 5.18. The van der Waals surface area contributed by atoms with Crippen molar-refractivity contribution in [3.8, 4) is 5.88 Å². The molecule has 0 spiro atoms. The van der Waals surface area contributed by atoms with Gasteiger partial charge >= 0.3 is 0 Å². The third-order valence-electron chi connectivity index (χ3n) is 3.14. The Morgan fingerprint density at radius 1 is 1.35 bits per heavy atom. The first-order valence-corrected chi connectivity index (χ1v) is 6.71. The summed E-state index contributed by atoms with van der Waals surface area (Å²) in [5.41, 5.74) is 1.22. The van der Waals surface area contributed by atoms with E-state index in [0.717, 1.165) is 25.4 Å². The minimum absolute atomic E-state index is 0.395. The number of aromatic nitrogens is 1. The van der Waals surface area contributed by atoms with Gasteiger partial charge in [0.2, 0.25) is 5.88 Å². The number of ether oxygens (including phenoxy) is 1. The maximum atomic E-state index is 5.82. The van der Waals surface area contributed by atoms with Crippen LogP contribution in [-0.4, -0.2) is 17.6 Å². The number of nitrogens with one attached hydrogen (secondary N) is 1. The molecule has 0 amide bonds. The van der Waals surface area contributed by atoms with Crippen LogP contribution in [0.25, 0.3) is 0 Å². The molecule has 0 aliphatic heterocycles. The van der Waals surface area contributed by atoms with E-state index in [9.17, 15) is 0 Å². The smallest absolute Gasteiger partial charge is 0.213 e. The second kappa shape index (κ2) is 6.60. The predicted octanol–water partition coefficient (Wildman–Crippen LogP) is 2.90. The van der Waals surface area contributed by atoms with Gasteiger partial charge in [0.1, 0.15) is 6.10 Å². The molecule has 1 aromatic heterocycles. The zero-order valence-electron chi connectivity index (χ0n) is 10.6. The summed E-state index contributed by atoms with van der Waals surface area (Å²) in [5.74, 6) is 0.774. The molecule has 1 aliphatic carbocycles. The van der Waals surface area contributed by atoms with Gasteiger partial charge in [-0.1, -0.05) is 13.0 Å². The molecule has 1 heterocycles. The Labute approximate surface area is 104 Å². The summed E-state index contributed by atoms with van der Waals surface area (Å²) >= 11 is 0. The van der Waals surface area contributed by atoms with Gasteiger partial charge in [0, 0.05) is 18.8 Å². The van der Waals surface area contributed by atoms with Crippen LogP contribution in [0.4, 0.5) is 0 Å². The van der Waals surface area contributed by atoms with Gasteiger partial charge in [0.15, 0.2) is 0 Å². The maximum absolute atomic E-state index is 5.82. The molecule has 3 nitrogen and oxygen atoms in total. The van der Waals surface area contributed by atoms with E-state index in [2.05, 4.69) is 23.3 Å². The van der Waals surface area contributed by atoms with Gasteiger partial charge in [0.25, 0.3) is 0 Å².